The van der Waals surface area contributed by atoms with Gasteiger partial charge in [0, 0.05) is 12.0 Å². The van der Waals surface area contributed by atoms with Crippen LogP contribution in [-0.2, 0) is 25.7 Å². The third-order valence-corrected chi connectivity index (χ3v) is 6.65. The Balaban J connectivity index is 1.22. The van der Waals surface area contributed by atoms with E-state index in [0.717, 1.165) is 19.3 Å². The molecule has 5 rings (SSSR count). The lowest BCUT2D eigenvalue weighted by Crippen LogP contribution is -2.53. The number of hydrogen-bond acceptors (Lipinski definition) is 6. The molecule has 1 aromatic heterocycles. The second kappa shape index (κ2) is 7.60. The molecule has 28 heavy (non-hydrogen) atoms. The molecule has 0 atom stereocenters. The second-order valence-electron chi connectivity index (χ2n) is 8.61. The van der Waals surface area contributed by atoms with E-state index in [0.29, 0.717) is 17.8 Å². The van der Waals surface area contributed by atoms with E-state index in [1.165, 1.54) is 38.7 Å². The Bertz CT molecular complexity index is 731. The molecule has 0 aliphatic heterocycles. The fourth-order valence-corrected chi connectivity index (χ4v) is 5.82. The van der Waals surface area contributed by atoms with E-state index in [9.17, 15) is 14.4 Å². The van der Waals surface area contributed by atoms with Crippen molar-refractivity contribution in [2.75, 3.05) is 13.7 Å². The molecule has 0 unspecified atom stereocenters. The molecular formula is C21H27NO6. The Morgan fingerprint density at radius 1 is 1.14 bits per heavy atom. The molecule has 0 aromatic carbocycles. The fourth-order valence-electron chi connectivity index (χ4n) is 5.82. The van der Waals surface area contributed by atoms with Gasteiger partial charge in [-0.3, -0.25) is 9.59 Å². The number of furan rings is 1. The average molecular weight is 389 g/mol. The maximum absolute atomic E-state index is 12.8. The van der Waals surface area contributed by atoms with E-state index in [-0.39, 0.29) is 42.2 Å². The van der Waals surface area contributed by atoms with Crippen molar-refractivity contribution in [1.82, 2.24) is 5.32 Å². The van der Waals surface area contributed by atoms with Gasteiger partial charge in [0.15, 0.2) is 5.76 Å². The molecule has 4 saturated carbocycles. The number of esters is 2. The normalized spacial score (nSPS) is 30.1. The smallest absolute Gasteiger partial charge is 0.341 e. The zero-order valence-electron chi connectivity index (χ0n) is 16.2. The highest BCUT2D eigenvalue weighted by Crippen LogP contribution is 2.60. The third kappa shape index (κ3) is 3.66. The van der Waals surface area contributed by atoms with E-state index >= 15 is 0 Å². The summed E-state index contributed by atoms with van der Waals surface area (Å²) in [7, 11) is 1.28. The number of ether oxygens (including phenoxy) is 2. The number of amides is 1. The molecule has 4 bridgehead atoms. The van der Waals surface area contributed by atoms with Crippen molar-refractivity contribution in [3.63, 3.8) is 0 Å². The van der Waals surface area contributed by atoms with Gasteiger partial charge in [-0.1, -0.05) is 0 Å². The average Bonchev–Trinajstić information content (AvgIpc) is 3.13. The van der Waals surface area contributed by atoms with E-state index in [4.69, 9.17) is 9.15 Å². The molecule has 4 aliphatic rings. The first kappa shape index (κ1) is 19.0. The number of methoxy groups -OCH3 is 1. The van der Waals surface area contributed by atoms with Gasteiger partial charge in [0.25, 0.3) is 0 Å². The predicted octanol–water partition coefficient (Wildman–Crippen LogP) is 2.83. The summed E-state index contributed by atoms with van der Waals surface area (Å²) < 4.78 is 15.0. The lowest BCUT2D eigenvalue weighted by atomic mass is 9.49. The van der Waals surface area contributed by atoms with Gasteiger partial charge in [0.1, 0.15) is 12.2 Å². The minimum atomic E-state index is -0.539. The van der Waals surface area contributed by atoms with Crippen molar-refractivity contribution < 1.29 is 28.3 Å². The second-order valence-corrected chi connectivity index (χ2v) is 8.61. The van der Waals surface area contributed by atoms with Crippen molar-refractivity contribution in [3.8, 4) is 0 Å². The summed E-state index contributed by atoms with van der Waals surface area (Å²) in [4.78, 5) is 36.4. The Morgan fingerprint density at radius 2 is 1.79 bits per heavy atom. The fraction of sp³-hybridized carbons (Fsp3) is 0.667. The highest BCUT2D eigenvalue weighted by atomic mass is 16.5. The molecule has 152 valence electrons. The van der Waals surface area contributed by atoms with Crippen LogP contribution in [0.2, 0.25) is 0 Å². The third-order valence-electron chi connectivity index (χ3n) is 6.65. The molecule has 0 spiro atoms. The van der Waals surface area contributed by atoms with Gasteiger partial charge in [0.2, 0.25) is 5.91 Å². The van der Waals surface area contributed by atoms with Crippen LogP contribution < -0.4 is 5.32 Å². The Kier molecular flexibility index (Phi) is 5.17. The van der Waals surface area contributed by atoms with Crippen LogP contribution in [0.1, 0.15) is 61.1 Å². The Morgan fingerprint density at radius 3 is 2.39 bits per heavy atom. The quantitative estimate of drug-likeness (QED) is 0.721. The van der Waals surface area contributed by atoms with Gasteiger partial charge in [-0.15, -0.1) is 0 Å². The number of nitrogens with one attached hydrogen (secondary N) is 1. The topological polar surface area (TPSA) is 94.8 Å². The summed E-state index contributed by atoms with van der Waals surface area (Å²) in [6.45, 7) is 0.126. The van der Waals surface area contributed by atoms with Crippen LogP contribution in [0.3, 0.4) is 0 Å². The van der Waals surface area contributed by atoms with Crippen molar-refractivity contribution >= 4 is 17.8 Å². The summed E-state index contributed by atoms with van der Waals surface area (Å²) >= 11 is 0. The summed E-state index contributed by atoms with van der Waals surface area (Å²) in [5, 5.41) is 2.97. The zero-order chi connectivity index (χ0) is 19.7. The molecule has 0 radical (unpaired) electrons. The van der Waals surface area contributed by atoms with Crippen molar-refractivity contribution in [2.45, 2.75) is 51.6 Å². The van der Waals surface area contributed by atoms with Gasteiger partial charge >= 0.3 is 11.9 Å². The van der Waals surface area contributed by atoms with E-state index in [1.807, 2.05) is 0 Å². The van der Waals surface area contributed by atoms with E-state index < -0.39 is 11.9 Å². The highest BCUT2D eigenvalue weighted by Gasteiger charge is 2.54. The summed E-state index contributed by atoms with van der Waals surface area (Å²) in [5.74, 6) is 1.50. The molecule has 4 fully saturated rings. The first-order valence-electron chi connectivity index (χ1n) is 10.1. The number of carbonyl (C=O) groups is 3. The molecule has 1 N–H and O–H groups in total. The van der Waals surface area contributed by atoms with Gasteiger partial charge in [-0.2, -0.15) is 0 Å². The minimum Gasteiger partial charge on any atom is -0.465 e. The molecule has 1 amide bonds. The first-order chi connectivity index (χ1) is 13.5. The lowest BCUT2D eigenvalue weighted by molar-refractivity contribution is -0.147. The van der Waals surface area contributed by atoms with Gasteiger partial charge in [-0.25, -0.2) is 4.79 Å². The van der Waals surface area contributed by atoms with E-state index in [1.54, 1.807) is 0 Å². The van der Waals surface area contributed by atoms with E-state index in [2.05, 4.69) is 10.1 Å². The molecule has 4 aliphatic carbocycles. The summed E-state index contributed by atoms with van der Waals surface area (Å²) in [6, 6.07) is 1.47. The maximum atomic E-state index is 12.8. The predicted molar refractivity (Wildman–Crippen MR) is 98.1 cm³/mol. The van der Waals surface area contributed by atoms with Gasteiger partial charge in [0.05, 0.1) is 19.8 Å². The van der Waals surface area contributed by atoms with Crippen LogP contribution in [0.15, 0.2) is 16.7 Å². The highest BCUT2D eigenvalue weighted by molar-refractivity contribution is 5.90. The van der Waals surface area contributed by atoms with Gasteiger partial charge in [-0.05, 0) is 62.3 Å². The molecular weight excluding hydrogens is 362 g/mol. The number of carbonyl (C=O) groups excluding carboxylic acids is 3. The first-order valence-corrected chi connectivity index (χ1v) is 10.1. The standard InChI is InChI=1S/C21H27NO6/c1-26-19(24)16-3-5-27-17(16)12-28-18(23)2-4-22-20(25)21-9-13-6-14(10-21)8-15(7-13)11-21/h3,5,13-15H,2,4,6-12H2,1H3,(H,22,25). The molecule has 1 heterocycles. The van der Waals surface area contributed by atoms with Crippen molar-refractivity contribution in [2.24, 2.45) is 23.2 Å². The van der Waals surface area contributed by atoms with Crippen molar-refractivity contribution in [1.29, 1.82) is 0 Å². The molecule has 0 saturated heterocycles. The Hall–Kier alpha value is -2.31. The maximum Gasteiger partial charge on any atom is 0.341 e. The van der Waals surface area contributed by atoms with Crippen LogP contribution in [0.25, 0.3) is 0 Å². The largest absolute Gasteiger partial charge is 0.465 e. The van der Waals surface area contributed by atoms with Crippen molar-refractivity contribution in [3.05, 3.63) is 23.7 Å². The van der Waals surface area contributed by atoms with Crippen LogP contribution in [0.4, 0.5) is 0 Å². The number of hydrogen-bond donors (Lipinski definition) is 1. The Labute approximate surface area is 164 Å². The van der Waals surface area contributed by atoms with Crippen LogP contribution in [-0.4, -0.2) is 31.5 Å². The lowest BCUT2D eigenvalue weighted by Gasteiger charge is -2.55. The minimum absolute atomic E-state index is 0.0897. The number of rotatable bonds is 7. The van der Waals surface area contributed by atoms with Crippen LogP contribution in [0.5, 0.6) is 0 Å². The molecule has 1 aromatic rings. The summed E-state index contributed by atoms with van der Waals surface area (Å²) in [6.07, 6.45) is 8.32. The monoisotopic (exact) mass is 389 g/mol. The van der Waals surface area contributed by atoms with Crippen LogP contribution in [0, 0.1) is 23.2 Å². The summed E-state index contributed by atoms with van der Waals surface area (Å²) in [5.41, 5.74) is 0.0350. The zero-order valence-corrected chi connectivity index (χ0v) is 16.2. The van der Waals surface area contributed by atoms with Crippen LogP contribution >= 0.6 is 0 Å². The molecule has 7 heteroatoms. The SMILES string of the molecule is COC(=O)c1ccoc1COC(=O)CCNC(=O)C12CC3CC(CC(C3)C1)C2. The molecule has 7 nitrogen and oxygen atoms in total. The van der Waals surface area contributed by atoms with Gasteiger partial charge < -0.3 is 19.2 Å².